The molecule has 12 heavy (non-hydrogen) atoms. The molecule has 0 aliphatic rings. The molecule has 2 rings (SSSR count). The number of fused-ring (bicyclic) bond motifs is 1. The van der Waals surface area contributed by atoms with Crippen LogP contribution in [0.1, 0.15) is 0 Å². The van der Waals surface area contributed by atoms with Gasteiger partial charge in [0.2, 0.25) is 0 Å². The second-order valence-corrected chi connectivity index (χ2v) is 3.49. The highest BCUT2D eigenvalue weighted by Gasteiger charge is 2.07. The van der Waals surface area contributed by atoms with Gasteiger partial charge in [-0.2, -0.15) is 5.10 Å². The number of pyridine rings is 1. The van der Waals surface area contributed by atoms with Crippen molar-refractivity contribution in [2.45, 2.75) is 0 Å². The Labute approximate surface area is 81.1 Å². The third-order valence-corrected chi connectivity index (χ3v) is 2.18. The first-order valence-corrected chi connectivity index (χ1v) is 4.34. The minimum atomic E-state index is -0.447. The third kappa shape index (κ3) is 1.11. The molecule has 0 aliphatic heterocycles. The molecule has 0 aromatic carbocycles. The van der Waals surface area contributed by atoms with E-state index in [4.69, 9.17) is 11.6 Å². The van der Waals surface area contributed by atoms with E-state index in [0.717, 1.165) is 0 Å². The summed E-state index contributed by atoms with van der Waals surface area (Å²) in [4.78, 5) is 0. The van der Waals surface area contributed by atoms with Gasteiger partial charge in [-0.05, 0) is 22.0 Å². The number of hydrogen-bond acceptors (Lipinski definition) is 1. The van der Waals surface area contributed by atoms with Crippen LogP contribution in [0.5, 0.6) is 0 Å². The van der Waals surface area contributed by atoms with Crippen molar-refractivity contribution in [2.24, 2.45) is 0 Å². The predicted molar refractivity (Wildman–Crippen MR) is 47.9 cm³/mol. The number of halogens is 3. The predicted octanol–water partition coefficient (Wildman–Crippen LogP) is 2.89. The first-order valence-electron chi connectivity index (χ1n) is 3.17. The molecule has 2 heterocycles. The Morgan fingerprint density at radius 2 is 2.33 bits per heavy atom. The summed E-state index contributed by atoms with van der Waals surface area (Å²) in [7, 11) is 0. The van der Waals surface area contributed by atoms with Gasteiger partial charge in [0.25, 0.3) is 0 Å². The lowest BCUT2D eigenvalue weighted by Crippen LogP contribution is -1.89. The van der Waals surface area contributed by atoms with Gasteiger partial charge in [0.05, 0.1) is 5.02 Å². The van der Waals surface area contributed by atoms with Crippen LogP contribution in [0.2, 0.25) is 5.02 Å². The van der Waals surface area contributed by atoms with Gasteiger partial charge in [-0.3, -0.25) is 0 Å². The summed E-state index contributed by atoms with van der Waals surface area (Å²) in [6.45, 7) is 0. The Morgan fingerprint density at radius 1 is 1.58 bits per heavy atom. The number of aromatic nitrogens is 2. The molecule has 0 saturated carbocycles. The highest BCUT2D eigenvalue weighted by molar-refractivity contribution is 9.10. The molecule has 0 spiro atoms. The van der Waals surface area contributed by atoms with Gasteiger partial charge in [-0.1, -0.05) is 11.6 Å². The van der Waals surface area contributed by atoms with Crippen molar-refractivity contribution in [1.82, 2.24) is 9.61 Å². The van der Waals surface area contributed by atoms with Crippen molar-refractivity contribution in [1.29, 1.82) is 0 Å². The molecule has 2 aromatic heterocycles. The third-order valence-electron chi connectivity index (χ3n) is 1.50. The molecule has 0 N–H and O–H groups in total. The van der Waals surface area contributed by atoms with Crippen LogP contribution in [-0.4, -0.2) is 9.61 Å². The lowest BCUT2D eigenvalue weighted by Gasteiger charge is -1.95. The zero-order valence-electron chi connectivity index (χ0n) is 5.76. The summed E-state index contributed by atoms with van der Waals surface area (Å²) >= 11 is 8.71. The van der Waals surface area contributed by atoms with Crippen LogP contribution < -0.4 is 0 Å². The van der Waals surface area contributed by atoms with Crippen LogP contribution in [0.25, 0.3) is 5.52 Å². The average Bonchev–Trinajstić information content (AvgIpc) is 2.39. The topological polar surface area (TPSA) is 17.3 Å². The maximum atomic E-state index is 13.2. The summed E-state index contributed by atoms with van der Waals surface area (Å²) in [5.74, 6) is -0.447. The second-order valence-electron chi connectivity index (χ2n) is 2.27. The van der Waals surface area contributed by atoms with E-state index in [0.29, 0.717) is 10.1 Å². The molecule has 0 saturated heterocycles. The summed E-state index contributed by atoms with van der Waals surface area (Å²) in [6, 6.07) is 3.03. The van der Waals surface area contributed by atoms with Gasteiger partial charge in [0, 0.05) is 12.3 Å². The number of hydrogen-bond donors (Lipinski definition) is 0. The largest absolute Gasteiger partial charge is 0.237 e. The Kier molecular flexibility index (Phi) is 1.81. The molecule has 5 heteroatoms. The molecule has 0 amide bonds. The normalized spacial score (nSPS) is 10.9. The average molecular weight is 249 g/mol. The first kappa shape index (κ1) is 8.01. The first-order chi connectivity index (χ1) is 5.68. The Balaban J connectivity index is 2.89. The van der Waals surface area contributed by atoms with Crippen LogP contribution in [0.3, 0.4) is 0 Å². The molecule has 0 fully saturated rings. The van der Waals surface area contributed by atoms with Crippen LogP contribution in [0, 0.1) is 5.82 Å². The summed E-state index contributed by atoms with van der Waals surface area (Å²) in [6.07, 6.45) is 1.60. The fraction of sp³-hybridized carbons (Fsp3) is 0. The van der Waals surface area contributed by atoms with Crippen molar-refractivity contribution in [3.63, 3.8) is 0 Å². The van der Waals surface area contributed by atoms with Gasteiger partial charge in [-0.25, -0.2) is 8.91 Å². The van der Waals surface area contributed by atoms with Crippen molar-refractivity contribution in [2.75, 3.05) is 0 Å². The van der Waals surface area contributed by atoms with Gasteiger partial charge < -0.3 is 0 Å². The van der Waals surface area contributed by atoms with E-state index in [1.54, 1.807) is 12.3 Å². The molecule has 0 atom stereocenters. The maximum Gasteiger partial charge on any atom is 0.167 e. The highest BCUT2D eigenvalue weighted by atomic mass is 79.9. The number of rotatable bonds is 0. The summed E-state index contributed by atoms with van der Waals surface area (Å²) in [5, 5.41) is 4.06. The monoisotopic (exact) mass is 248 g/mol. The van der Waals surface area contributed by atoms with E-state index in [1.807, 2.05) is 0 Å². The van der Waals surface area contributed by atoms with Gasteiger partial charge in [0.15, 0.2) is 5.82 Å². The van der Waals surface area contributed by atoms with E-state index in [1.165, 1.54) is 10.6 Å². The minimum Gasteiger partial charge on any atom is -0.237 e. The van der Waals surface area contributed by atoms with Crippen LogP contribution in [-0.2, 0) is 0 Å². The second kappa shape index (κ2) is 2.71. The zero-order chi connectivity index (χ0) is 8.72. The quantitative estimate of drug-likeness (QED) is 0.702. The van der Waals surface area contributed by atoms with E-state index in [9.17, 15) is 4.39 Å². The highest BCUT2D eigenvalue weighted by Crippen LogP contribution is 2.21. The standard InChI is InChI=1S/C7H3BrClFN2/c8-6-3-5-7(10)4(9)1-2-12(5)11-6/h1-3H. The van der Waals surface area contributed by atoms with Crippen LogP contribution in [0.15, 0.2) is 22.9 Å². The van der Waals surface area contributed by atoms with E-state index >= 15 is 0 Å². The molecule has 0 unspecified atom stereocenters. The Morgan fingerprint density at radius 3 is 3.08 bits per heavy atom. The van der Waals surface area contributed by atoms with E-state index < -0.39 is 5.82 Å². The SMILES string of the molecule is Fc1c(Cl)ccn2nc(Br)cc12. The smallest absolute Gasteiger partial charge is 0.167 e. The van der Waals surface area contributed by atoms with E-state index in [-0.39, 0.29) is 5.02 Å². The molecular formula is C7H3BrClFN2. The lowest BCUT2D eigenvalue weighted by molar-refractivity contribution is 0.631. The minimum absolute atomic E-state index is 0.106. The van der Waals surface area contributed by atoms with Crippen molar-refractivity contribution in [3.8, 4) is 0 Å². The Hall–Kier alpha value is -0.610. The van der Waals surface area contributed by atoms with Crippen molar-refractivity contribution < 1.29 is 4.39 Å². The summed E-state index contributed by atoms with van der Waals surface area (Å²) < 4.78 is 15.2. The molecule has 62 valence electrons. The fourth-order valence-electron chi connectivity index (χ4n) is 0.974. The molecule has 2 nitrogen and oxygen atoms in total. The zero-order valence-corrected chi connectivity index (χ0v) is 8.10. The molecule has 0 aliphatic carbocycles. The van der Waals surface area contributed by atoms with Crippen LogP contribution >= 0.6 is 27.5 Å². The van der Waals surface area contributed by atoms with Gasteiger partial charge in [0.1, 0.15) is 10.1 Å². The maximum absolute atomic E-state index is 13.2. The molecule has 2 aromatic rings. The lowest BCUT2D eigenvalue weighted by atomic mass is 10.4. The van der Waals surface area contributed by atoms with Crippen molar-refractivity contribution >= 4 is 33.0 Å². The van der Waals surface area contributed by atoms with Gasteiger partial charge in [-0.15, -0.1) is 0 Å². The van der Waals surface area contributed by atoms with Crippen LogP contribution in [0.4, 0.5) is 4.39 Å². The molecule has 0 bridgehead atoms. The molecular weight excluding hydrogens is 246 g/mol. The molecule has 0 radical (unpaired) electrons. The van der Waals surface area contributed by atoms with Crippen molar-refractivity contribution in [3.05, 3.63) is 33.8 Å². The number of nitrogens with zero attached hydrogens (tertiary/aromatic N) is 2. The van der Waals surface area contributed by atoms with Gasteiger partial charge >= 0.3 is 0 Å². The van der Waals surface area contributed by atoms with E-state index in [2.05, 4.69) is 21.0 Å². The fourth-order valence-corrected chi connectivity index (χ4v) is 1.51. The summed E-state index contributed by atoms with van der Waals surface area (Å²) in [5.41, 5.74) is 0.370. The Bertz CT molecular complexity index is 440.